The van der Waals surface area contributed by atoms with Crippen LogP contribution < -0.4 is 5.32 Å². The van der Waals surface area contributed by atoms with Crippen LogP contribution in [0, 0.1) is 5.92 Å². The van der Waals surface area contributed by atoms with Crippen molar-refractivity contribution in [3.05, 3.63) is 17.2 Å². The second kappa shape index (κ2) is 5.63. The Bertz CT molecular complexity index is 435. The van der Waals surface area contributed by atoms with Crippen LogP contribution >= 0.6 is 0 Å². The Morgan fingerprint density at radius 1 is 1.42 bits per heavy atom. The molecule has 0 atom stereocenters. The van der Waals surface area contributed by atoms with Gasteiger partial charge in [0, 0.05) is 44.3 Å². The summed E-state index contributed by atoms with van der Waals surface area (Å²) in [5.74, 6) is 2.65. The Balaban J connectivity index is 1.69. The zero-order valence-electron chi connectivity index (χ0n) is 12.1. The van der Waals surface area contributed by atoms with Crippen LogP contribution in [0.1, 0.15) is 49.8 Å². The second-order valence-corrected chi connectivity index (χ2v) is 6.18. The van der Waals surface area contributed by atoms with E-state index in [1.54, 1.807) is 0 Å². The van der Waals surface area contributed by atoms with Crippen molar-refractivity contribution < 1.29 is 4.74 Å². The number of hydrogen-bond donors (Lipinski definition) is 1. The van der Waals surface area contributed by atoms with Crippen LogP contribution in [0.3, 0.4) is 0 Å². The Hall–Kier alpha value is -0.870. The molecule has 0 bridgehead atoms. The molecule has 1 aliphatic carbocycles. The van der Waals surface area contributed by atoms with Crippen LogP contribution in [0.15, 0.2) is 0 Å². The van der Waals surface area contributed by atoms with E-state index in [0.29, 0.717) is 5.92 Å². The van der Waals surface area contributed by atoms with Gasteiger partial charge in [-0.15, -0.1) is 0 Å². The lowest BCUT2D eigenvalue weighted by molar-refractivity contribution is 0.102. The number of fused-ring (bicyclic) bond motifs is 1. The summed E-state index contributed by atoms with van der Waals surface area (Å²) in [6.07, 6.45) is 3.74. The third-order valence-corrected chi connectivity index (χ3v) is 3.87. The predicted octanol–water partition coefficient (Wildman–Crippen LogP) is 2.08. The molecule has 106 valence electrons. The molecule has 0 saturated heterocycles. The van der Waals surface area contributed by atoms with E-state index < -0.39 is 0 Å². The van der Waals surface area contributed by atoms with E-state index in [1.807, 2.05) is 0 Å². The van der Waals surface area contributed by atoms with Crippen LogP contribution in [-0.4, -0.2) is 29.3 Å². The molecule has 1 N–H and O–H groups in total. The molecule has 1 aromatic rings. The summed E-state index contributed by atoms with van der Waals surface area (Å²) in [4.78, 5) is 4.87. The van der Waals surface area contributed by atoms with E-state index in [0.717, 1.165) is 45.2 Å². The molecular weight excluding hydrogens is 238 g/mol. The summed E-state index contributed by atoms with van der Waals surface area (Å²) < 4.78 is 8.20. The topological polar surface area (TPSA) is 39.1 Å². The summed E-state index contributed by atoms with van der Waals surface area (Å²) >= 11 is 0. The zero-order chi connectivity index (χ0) is 13.2. The molecule has 3 rings (SSSR count). The minimum absolute atomic E-state index is 0.615. The van der Waals surface area contributed by atoms with Gasteiger partial charge in [-0.2, -0.15) is 0 Å². The average molecular weight is 263 g/mol. The van der Waals surface area contributed by atoms with Gasteiger partial charge in [0.1, 0.15) is 5.82 Å². The third-order valence-electron chi connectivity index (χ3n) is 3.87. The maximum atomic E-state index is 5.75. The zero-order valence-corrected chi connectivity index (χ0v) is 12.1. The van der Waals surface area contributed by atoms with Gasteiger partial charge < -0.3 is 14.6 Å². The first-order valence-electron chi connectivity index (χ1n) is 7.62. The van der Waals surface area contributed by atoms with Gasteiger partial charge >= 0.3 is 0 Å². The van der Waals surface area contributed by atoms with E-state index in [4.69, 9.17) is 9.72 Å². The van der Waals surface area contributed by atoms with Crippen LogP contribution in [0.5, 0.6) is 0 Å². The molecule has 1 aromatic heterocycles. The highest BCUT2D eigenvalue weighted by atomic mass is 16.5. The van der Waals surface area contributed by atoms with E-state index in [9.17, 15) is 0 Å². The molecule has 1 saturated carbocycles. The number of nitrogens with zero attached hydrogens (tertiary/aromatic N) is 2. The van der Waals surface area contributed by atoms with Gasteiger partial charge in [0.15, 0.2) is 0 Å². The molecule has 0 amide bonds. The number of rotatable bonds is 6. The van der Waals surface area contributed by atoms with Crippen LogP contribution in [-0.2, 0) is 24.2 Å². The highest BCUT2D eigenvalue weighted by Crippen LogP contribution is 2.40. The van der Waals surface area contributed by atoms with Crippen LogP contribution in [0.4, 0.5) is 0 Å². The van der Waals surface area contributed by atoms with Crippen molar-refractivity contribution in [2.45, 2.75) is 52.1 Å². The minimum atomic E-state index is 0.615. The number of nitrogens with one attached hydrogen (secondary N) is 1. The molecule has 0 aromatic carbocycles. The second-order valence-electron chi connectivity index (χ2n) is 6.18. The van der Waals surface area contributed by atoms with Gasteiger partial charge in [0.25, 0.3) is 0 Å². The fourth-order valence-electron chi connectivity index (χ4n) is 2.77. The summed E-state index contributed by atoms with van der Waals surface area (Å²) in [5.41, 5.74) is 2.73. The van der Waals surface area contributed by atoms with E-state index in [2.05, 4.69) is 23.7 Å². The Labute approximate surface area is 115 Å². The lowest BCUT2D eigenvalue weighted by Crippen LogP contribution is -2.25. The SMILES string of the molecule is CC(C)COCCn1c(C2CC2)nc2c1CCNC2. The maximum absolute atomic E-state index is 5.75. The first-order chi connectivity index (χ1) is 9.25. The fourth-order valence-corrected chi connectivity index (χ4v) is 2.77. The van der Waals surface area contributed by atoms with Crippen molar-refractivity contribution in [1.29, 1.82) is 0 Å². The minimum Gasteiger partial charge on any atom is -0.379 e. The van der Waals surface area contributed by atoms with Gasteiger partial charge in [0.05, 0.1) is 12.3 Å². The summed E-state index contributed by atoms with van der Waals surface area (Å²) in [7, 11) is 0. The fraction of sp³-hybridized carbons (Fsp3) is 0.800. The molecule has 0 unspecified atom stereocenters. The van der Waals surface area contributed by atoms with Crippen molar-refractivity contribution >= 4 is 0 Å². The quantitative estimate of drug-likeness (QED) is 0.799. The molecule has 1 fully saturated rings. The van der Waals surface area contributed by atoms with Gasteiger partial charge in [-0.05, 0) is 18.8 Å². The number of aromatic nitrogens is 2. The van der Waals surface area contributed by atoms with Crippen LogP contribution in [0.2, 0.25) is 0 Å². The van der Waals surface area contributed by atoms with Crippen molar-refractivity contribution in [2.75, 3.05) is 19.8 Å². The molecule has 19 heavy (non-hydrogen) atoms. The standard InChI is InChI=1S/C15H25N3O/c1-11(2)10-19-8-7-18-14-5-6-16-9-13(14)17-15(18)12-3-4-12/h11-12,16H,3-10H2,1-2H3. The third kappa shape index (κ3) is 3.00. The van der Waals surface area contributed by atoms with E-state index in [1.165, 1.54) is 30.1 Å². The van der Waals surface area contributed by atoms with Crippen molar-refractivity contribution in [3.8, 4) is 0 Å². The molecule has 1 aliphatic heterocycles. The smallest absolute Gasteiger partial charge is 0.112 e. The molecule has 4 heteroatoms. The van der Waals surface area contributed by atoms with Gasteiger partial charge in [-0.25, -0.2) is 4.98 Å². The predicted molar refractivity (Wildman–Crippen MR) is 75.3 cm³/mol. The lowest BCUT2D eigenvalue weighted by Gasteiger charge is -2.16. The molecule has 4 nitrogen and oxygen atoms in total. The van der Waals surface area contributed by atoms with Crippen molar-refractivity contribution in [2.24, 2.45) is 5.92 Å². The largest absolute Gasteiger partial charge is 0.379 e. The van der Waals surface area contributed by atoms with Gasteiger partial charge in [-0.1, -0.05) is 13.8 Å². The maximum Gasteiger partial charge on any atom is 0.112 e. The van der Waals surface area contributed by atoms with E-state index in [-0.39, 0.29) is 0 Å². The van der Waals surface area contributed by atoms with Crippen LogP contribution in [0.25, 0.3) is 0 Å². The first-order valence-corrected chi connectivity index (χ1v) is 7.62. The first kappa shape index (κ1) is 13.1. The number of ether oxygens (including phenoxy) is 1. The number of imidazole rings is 1. The lowest BCUT2D eigenvalue weighted by atomic mass is 10.2. The molecule has 2 aliphatic rings. The molecule has 2 heterocycles. The summed E-state index contributed by atoms with van der Waals surface area (Å²) in [6, 6.07) is 0. The summed E-state index contributed by atoms with van der Waals surface area (Å²) in [6.45, 7) is 9.05. The molecule has 0 spiro atoms. The van der Waals surface area contributed by atoms with E-state index >= 15 is 0 Å². The average Bonchev–Trinajstić information content (AvgIpc) is 3.17. The Kier molecular flexibility index (Phi) is 3.89. The monoisotopic (exact) mass is 263 g/mol. The highest BCUT2D eigenvalue weighted by molar-refractivity contribution is 5.24. The highest BCUT2D eigenvalue weighted by Gasteiger charge is 2.31. The van der Waals surface area contributed by atoms with Gasteiger partial charge in [0.2, 0.25) is 0 Å². The molecular formula is C15H25N3O. The molecule has 0 radical (unpaired) electrons. The van der Waals surface area contributed by atoms with Gasteiger partial charge in [-0.3, -0.25) is 0 Å². The van der Waals surface area contributed by atoms with Crippen molar-refractivity contribution in [3.63, 3.8) is 0 Å². The summed E-state index contributed by atoms with van der Waals surface area (Å²) in [5, 5.41) is 3.42. The van der Waals surface area contributed by atoms with Crippen molar-refractivity contribution in [1.82, 2.24) is 14.9 Å². The normalized spacial score (nSPS) is 18.9. The Morgan fingerprint density at radius 3 is 3.00 bits per heavy atom. The number of hydrogen-bond acceptors (Lipinski definition) is 3. The Morgan fingerprint density at radius 2 is 2.26 bits per heavy atom.